The quantitative estimate of drug-likeness (QED) is 0.324. The largest absolute Gasteiger partial charge is 0.497 e. The van der Waals surface area contributed by atoms with Crippen LogP contribution in [-0.2, 0) is 24.1 Å². The van der Waals surface area contributed by atoms with E-state index in [9.17, 15) is 18.0 Å². The second-order valence-corrected chi connectivity index (χ2v) is 10.6. The number of hydrogen-bond donors (Lipinski definition) is 1. The number of nitrogens with one attached hydrogen (secondary N) is 1. The van der Waals surface area contributed by atoms with E-state index < -0.39 is 17.8 Å². The molecule has 1 N–H and O–H groups in total. The monoisotopic (exact) mass is 540 g/mol. The number of benzene rings is 2. The molecule has 0 aliphatic carbocycles. The van der Waals surface area contributed by atoms with Crippen molar-refractivity contribution in [1.29, 1.82) is 0 Å². The molecule has 0 spiro atoms. The van der Waals surface area contributed by atoms with E-state index in [4.69, 9.17) is 4.74 Å². The lowest BCUT2D eigenvalue weighted by molar-refractivity contribution is -0.137. The van der Waals surface area contributed by atoms with Crippen LogP contribution in [0, 0.1) is 0 Å². The summed E-state index contributed by atoms with van der Waals surface area (Å²) in [6.45, 7) is 1.08. The third-order valence-corrected chi connectivity index (χ3v) is 7.75. The van der Waals surface area contributed by atoms with E-state index in [1.807, 2.05) is 64.2 Å². The van der Waals surface area contributed by atoms with E-state index in [1.54, 1.807) is 24.9 Å². The number of carbonyl (C=O) groups is 1. The lowest BCUT2D eigenvalue weighted by Crippen LogP contribution is -2.42. The van der Waals surface area contributed by atoms with Crippen molar-refractivity contribution >= 4 is 23.3 Å². The Morgan fingerprint density at radius 2 is 1.95 bits per heavy atom. The SMILES string of the molecule is COc1ccc(S[C@@H]2C[C@@H](C(=O)NCc3cn4ccccc4n3)N(Cc3cccc(C(F)(F)F)c3)C2)cc1. The zero-order valence-corrected chi connectivity index (χ0v) is 21.5. The number of ether oxygens (including phenoxy) is 1. The smallest absolute Gasteiger partial charge is 0.416 e. The molecule has 1 aliphatic heterocycles. The molecule has 198 valence electrons. The highest BCUT2D eigenvalue weighted by Crippen LogP contribution is 2.35. The van der Waals surface area contributed by atoms with E-state index >= 15 is 0 Å². The molecule has 1 saturated heterocycles. The summed E-state index contributed by atoms with van der Waals surface area (Å²) in [4.78, 5) is 20.9. The van der Waals surface area contributed by atoms with Crippen LogP contribution in [0.2, 0.25) is 0 Å². The molecule has 2 aromatic heterocycles. The number of carbonyl (C=O) groups excluding carboxylic acids is 1. The van der Waals surface area contributed by atoms with Crippen LogP contribution in [0.5, 0.6) is 5.75 Å². The summed E-state index contributed by atoms with van der Waals surface area (Å²) < 4.78 is 47.0. The summed E-state index contributed by atoms with van der Waals surface area (Å²) in [6.07, 6.45) is -0.0826. The maximum Gasteiger partial charge on any atom is 0.416 e. The fourth-order valence-corrected chi connectivity index (χ4v) is 5.91. The zero-order valence-electron chi connectivity index (χ0n) is 20.7. The number of likely N-dealkylation sites (tertiary alicyclic amines) is 1. The van der Waals surface area contributed by atoms with Gasteiger partial charge in [-0.2, -0.15) is 13.2 Å². The summed E-state index contributed by atoms with van der Waals surface area (Å²) in [5, 5.41) is 3.09. The maximum absolute atomic E-state index is 13.3. The predicted molar refractivity (Wildman–Crippen MR) is 140 cm³/mol. The molecule has 1 fully saturated rings. The number of imidazole rings is 1. The Morgan fingerprint density at radius 1 is 1.13 bits per heavy atom. The van der Waals surface area contributed by atoms with Gasteiger partial charge < -0.3 is 14.5 Å². The second-order valence-electron chi connectivity index (χ2n) is 9.21. The Bertz CT molecular complexity index is 1370. The minimum atomic E-state index is -4.42. The Morgan fingerprint density at radius 3 is 2.68 bits per heavy atom. The molecule has 0 saturated carbocycles. The Balaban J connectivity index is 1.31. The van der Waals surface area contributed by atoms with E-state index in [1.165, 1.54) is 6.07 Å². The van der Waals surface area contributed by atoms with Gasteiger partial charge in [0.15, 0.2) is 0 Å². The van der Waals surface area contributed by atoms with Crippen molar-refractivity contribution in [2.45, 2.75) is 41.9 Å². The summed E-state index contributed by atoms with van der Waals surface area (Å²) in [6, 6.07) is 18.2. The van der Waals surface area contributed by atoms with Gasteiger partial charge in [-0.25, -0.2) is 4.98 Å². The summed E-state index contributed by atoms with van der Waals surface area (Å²) in [5.41, 5.74) is 1.36. The van der Waals surface area contributed by atoms with Gasteiger partial charge in [0.1, 0.15) is 11.4 Å². The molecule has 1 amide bonds. The highest BCUT2D eigenvalue weighted by molar-refractivity contribution is 8.00. The van der Waals surface area contributed by atoms with E-state index in [0.29, 0.717) is 18.5 Å². The summed E-state index contributed by atoms with van der Waals surface area (Å²) in [5.74, 6) is 0.600. The first-order valence-electron chi connectivity index (χ1n) is 12.2. The van der Waals surface area contributed by atoms with E-state index in [0.717, 1.165) is 34.1 Å². The first-order valence-corrected chi connectivity index (χ1v) is 13.1. The van der Waals surface area contributed by atoms with Crippen molar-refractivity contribution in [2.75, 3.05) is 13.7 Å². The van der Waals surface area contributed by atoms with E-state index in [-0.39, 0.29) is 24.2 Å². The first kappa shape index (κ1) is 26.1. The number of amides is 1. The number of aromatic nitrogens is 2. The number of rotatable bonds is 8. The fraction of sp³-hybridized carbons (Fsp3) is 0.286. The molecule has 38 heavy (non-hydrogen) atoms. The maximum atomic E-state index is 13.3. The molecule has 0 radical (unpaired) electrons. The van der Waals surface area contributed by atoms with Crippen molar-refractivity contribution in [3.05, 3.63) is 95.9 Å². The number of hydrogen-bond acceptors (Lipinski definition) is 5. The number of alkyl halides is 3. The number of nitrogens with zero attached hydrogens (tertiary/aromatic N) is 3. The van der Waals surface area contributed by atoms with Crippen LogP contribution < -0.4 is 10.1 Å². The molecule has 2 atom stereocenters. The van der Waals surface area contributed by atoms with Crippen LogP contribution in [0.4, 0.5) is 13.2 Å². The van der Waals surface area contributed by atoms with Crippen LogP contribution >= 0.6 is 11.8 Å². The van der Waals surface area contributed by atoms with Gasteiger partial charge >= 0.3 is 6.18 Å². The van der Waals surface area contributed by atoms with Crippen LogP contribution in [0.3, 0.4) is 0 Å². The van der Waals surface area contributed by atoms with Crippen LogP contribution in [-0.4, -0.2) is 45.1 Å². The number of methoxy groups -OCH3 is 1. The molecule has 1 aliphatic rings. The Labute approximate surface area is 222 Å². The molecule has 2 aromatic carbocycles. The van der Waals surface area contributed by atoms with Gasteiger partial charge in [-0.05, 0) is 54.4 Å². The Kier molecular flexibility index (Phi) is 7.62. The van der Waals surface area contributed by atoms with Gasteiger partial charge in [0.25, 0.3) is 0 Å². The fourth-order valence-electron chi connectivity index (χ4n) is 4.69. The van der Waals surface area contributed by atoms with Crippen molar-refractivity contribution in [3.63, 3.8) is 0 Å². The van der Waals surface area contributed by atoms with Crippen molar-refractivity contribution in [1.82, 2.24) is 19.6 Å². The molecule has 4 aromatic rings. The van der Waals surface area contributed by atoms with Gasteiger partial charge in [-0.1, -0.05) is 24.3 Å². The molecule has 0 bridgehead atoms. The first-order chi connectivity index (χ1) is 18.3. The van der Waals surface area contributed by atoms with Crippen molar-refractivity contribution < 1.29 is 22.7 Å². The normalized spacial score (nSPS) is 18.1. The lowest BCUT2D eigenvalue weighted by Gasteiger charge is -2.24. The topological polar surface area (TPSA) is 58.9 Å². The molecular formula is C28H27F3N4O2S. The van der Waals surface area contributed by atoms with Gasteiger partial charge in [0.05, 0.1) is 31.0 Å². The van der Waals surface area contributed by atoms with Gasteiger partial charge in [0.2, 0.25) is 5.91 Å². The summed E-state index contributed by atoms with van der Waals surface area (Å²) >= 11 is 1.66. The molecule has 3 heterocycles. The average molecular weight is 541 g/mol. The number of pyridine rings is 1. The summed E-state index contributed by atoms with van der Waals surface area (Å²) in [7, 11) is 1.61. The number of halogens is 3. The van der Waals surface area contributed by atoms with Crippen LogP contribution in [0.1, 0.15) is 23.2 Å². The number of fused-ring (bicyclic) bond motifs is 1. The van der Waals surface area contributed by atoms with Gasteiger partial charge in [-0.3, -0.25) is 9.69 Å². The predicted octanol–water partition coefficient (Wildman–Crippen LogP) is 5.41. The highest BCUT2D eigenvalue weighted by atomic mass is 32.2. The second kappa shape index (κ2) is 11.1. The average Bonchev–Trinajstić information content (AvgIpc) is 3.51. The minimum Gasteiger partial charge on any atom is -0.497 e. The van der Waals surface area contributed by atoms with Gasteiger partial charge in [0, 0.05) is 35.6 Å². The third kappa shape index (κ3) is 6.14. The van der Waals surface area contributed by atoms with Crippen molar-refractivity contribution in [2.24, 2.45) is 0 Å². The van der Waals surface area contributed by atoms with Crippen LogP contribution in [0.15, 0.2) is 84.0 Å². The molecular weight excluding hydrogens is 513 g/mol. The van der Waals surface area contributed by atoms with Gasteiger partial charge in [-0.15, -0.1) is 11.8 Å². The van der Waals surface area contributed by atoms with Crippen LogP contribution in [0.25, 0.3) is 5.65 Å². The molecule has 6 nitrogen and oxygen atoms in total. The zero-order chi connectivity index (χ0) is 26.7. The highest BCUT2D eigenvalue weighted by Gasteiger charge is 2.37. The third-order valence-electron chi connectivity index (χ3n) is 6.53. The lowest BCUT2D eigenvalue weighted by atomic mass is 10.1. The van der Waals surface area contributed by atoms with Crippen molar-refractivity contribution in [3.8, 4) is 5.75 Å². The van der Waals surface area contributed by atoms with E-state index in [2.05, 4.69) is 10.3 Å². The molecule has 0 unspecified atom stereocenters. The minimum absolute atomic E-state index is 0.0973. The molecule has 5 rings (SSSR count). The number of thioether (sulfide) groups is 1. The Hall–Kier alpha value is -3.50. The molecule has 10 heteroatoms. The standard InChI is InChI=1S/C28H27F3N4O2S/c1-37-22-8-10-23(11-9-22)38-24-14-25(27(36)32-15-21-17-34-12-3-2-7-26(34)33-21)35(18-24)16-19-5-4-6-20(13-19)28(29,30)31/h2-13,17,24-25H,14-16,18H2,1H3,(H,32,36)/t24-,25+/m1/s1.